The molecule has 3 heterocycles. The Morgan fingerprint density at radius 2 is 1.05 bits per heavy atom. The lowest BCUT2D eigenvalue weighted by Crippen LogP contribution is -2.64. The highest BCUT2D eigenvalue weighted by Gasteiger charge is 2.48. The Bertz CT molecular complexity index is 3250. The van der Waals surface area contributed by atoms with Crippen molar-refractivity contribution in [3.05, 3.63) is 29.8 Å². The van der Waals surface area contributed by atoms with Crippen LogP contribution in [0.4, 0.5) is 0 Å². The number of carbonyl (C=O) groups is 14. The summed E-state index contributed by atoms with van der Waals surface area (Å²) < 4.78 is 6.03. The minimum atomic E-state index is -2.21. The second-order valence-electron chi connectivity index (χ2n) is 29.7. The molecule has 0 aromatic heterocycles. The molecule has 0 spiro atoms. The van der Waals surface area contributed by atoms with E-state index in [4.69, 9.17) is 10.5 Å². The van der Waals surface area contributed by atoms with Gasteiger partial charge < -0.3 is 119 Å². The van der Waals surface area contributed by atoms with Crippen molar-refractivity contribution in [1.29, 1.82) is 0 Å². The number of phenolic OH excluding ortho intramolecular Hbond substituents is 1. The Labute approximate surface area is 641 Å². The molecule has 0 aliphatic carbocycles. The smallest absolute Gasteiger partial charge is 0.328 e. The highest BCUT2D eigenvalue weighted by molar-refractivity contribution is 6.00. The standard InChI is InChI=1S/C73H120N14O23/c1-11-12-13-14-15-16-17-18-19-20-21-23-47-34-54(97)79-57(40(5)88)67(103)76-39(4)63(99)78-49(32-44-25-27-45(92)28-26-44)64(100)81-56(38(2)3)71(107)87-37-46(93)33-50(87)65(101)82-59(42(7)90)69(105)83-60(43(8)91)72(108)86-31-29-51(94)62(86)70(106)84-61(52(95)35-53(74)96)66(102)75-36-55(98)80-58(41(6)89)68(104)77-48(73(109)110-47)24-22-30-85(9)10/h25-28,38-43,46-52,56-62,88-95H,11-24,29-37H2,1-10H3,(H2,74,96)(H,75,102)(H,76,103)(H,77,104)(H,78,99)(H,79,97)(H,80,98)(H,81,100)(H,82,101)(H,83,105)(H,84,106)/t39-,40-,41-,42-,43-,46-,47-,48+,49+,50+,51+,52-,56+,57-,58-,59-,60+,61+,62+/m1/s1. The van der Waals surface area contributed by atoms with Gasteiger partial charge >= 0.3 is 5.97 Å². The number of cyclic esters (lactones) is 1. The van der Waals surface area contributed by atoms with Gasteiger partial charge in [0.1, 0.15) is 78.3 Å². The van der Waals surface area contributed by atoms with Crippen molar-refractivity contribution in [2.45, 2.75) is 293 Å². The number of phenols is 1. The predicted molar refractivity (Wildman–Crippen MR) is 395 cm³/mol. The highest BCUT2D eigenvalue weighted by Crippen LogP contribution is 2.25. The van der Waals surface area contributed by atoms with Crippen LogP contribution in [0.2, 0.25) is 0 Å². The molecular weight excluding hydrogens is 1440 g/mol. The second-order valence-corrected chi connectivity index (χ2v) is 29.7. The average molecular weight is 1560 g/mol. The van der Waals surface area contributed by atoms with Crippen LogP contribution in [0.5, 0.6) is 5.75 Å². The van der Waals surface area contributed by atoms with E-state index in [1.807, 2.05) is 0 Å². The number of aliphatic hydroxyl groups is 7. The monoisotopic (exact) mass is 1560 g/mol. The zero-order valence-electron chi connectivity index (χ0n) is 64.7. The fraction of sp³-hybridized carbons (Fsp3) is 0.726. The molecule has 110 heavy (non-hydrogen) atoms. The fourth-order valence-corrected chi connectivity index (χ4v) is 13.1. The third-order valence-corrected chi connectivity index (χ3v) is 19.4. The lowest BCUT2D eigenvalue weighted by atomic mass is 9.99. The molecule has 3 saturated heterocycles. The summed E-state index contributed by atoms with van der Waals surface area (Å²) in [6, 6.07) is -14.2. The molecular formula is C73H120N14O23. The number of carbonyl (C=O) groups excluding carboxylic acids is 14. The maximum Gasteiger partial charge on any atom is 0.328 e. The molecule has 1 aromatic rings. The van der Waals surface area contributed by atoms with Gasteiger partial charge in [-0.3, -0.25) is 62.3 Å². The molecule has 37 heteroatoms. The number of hydrogen-bond donors (Lipinski definition) is 19. The van der Waals surface area contributed by atoms with Crippen LogP contribution < -0.4 is 58.9 Å². The Morgan fingerprint density at radius 3 is 1.61 bits per heavy atom. The first-order valence-electron chi connectivity index (χ1n) is 38.0. The normalized spacial score (nSPS) is 27.9. The number of fused-ring (bicyclic) bond motifs is 2. The Kier molecular flexibility index (Phi) is 39.3. The summed E-state index contributed by atoms with van der Waals surface area (Å²) in [5.74, 6) is -17.0. The summed E-state index contributed by atoms with van der Waals surface area (Å²) in [5.41, 5.74) is 5.72. The van der Waals surface area contributed by atoms with Crippen molar-refractivity contribution in [3.63, 3.8) is 0 Å². The Balaban J connectivity index is 1.82. The third kappa shape index (κ3) is 30.2. The summed E-state index contributed by atoms with van der Waals surface area (Å²) in [6.07, 6.45) is -5.57. The lowest BCUT2D eigenvalue weighted by Gasteiger charge is -2.34. The van der Waals surface area contributed by atoms with E-state index in [0.717, 1.165) is 77.0 Å². The van der Waals surface area contributed by atoms with Crippen LogP contribution in [0, 0.1) is 5.92 Å². The molecule has 0 bridgehead atoms. The van der Waals surface area contributed by atoms with Crippen molar-refractivity contribution >= 4 is 82.8 Å². The van der Waals surface area contributed by atoms with Crippen LogP contribution in [-0.4, -0.2) is 294 Å². The van der Waals surface area contributed by atoms with Crippen LogP contribution in [0.3, 0.4) is 0 Å². The van der Waals surface area contributed by atoms with Crippen molar-refractivity contribution in [2.24, 2.45) is 11.7 Å². The summed E-state index contributed by atoms with van der Waals surface area (Å²) in [5, 5.41) is 111. The molecule has 3 aliphatic heterocycles. The molecule has 1 aromatic carbocycles. The van der Waals surface area contributed by atoms with Crippen LogP contribution in [0.25, 0.3) is 0 Å². The molecule has 4 rings (SSSR count). The molecule has 13 amide bonds. The number of nitrogens with two attached hydrogens (primary N) is 1. The van der Waals surface area contributed by atoms with E-state index in [0.29, 0.717) is 29.8 Å². The van der Waals surface area contributed by atoms with Crippen LogP contribution in [0.1, 0.15) is 177 Å². The first-order chi connectivity index (χ1) is 51.8. The van der Waals surface area contributed by atoms with E-state index in [-0.39, 0.29) is 37.9 Å². The minimum absolute atomic E-state index is 0.0839. The number of aromatic hydroxyl groups is 1. The van der Waals surface area contributed by atoms with Gasteiger partial charge in [-0.25, -0.2) is 4.79 Å². The van der Waals surface area contributed by atoms with Gasteiger partial charge in [0.05, 0.1) is 62.1 Å². The molecule has 20 N–H and O–H groups in total. The minimum Gasteiger partial charge on any atom is -0.508 e. The van der Waals surface area contributed by atoms with Gasteiger partial charge in [-0.1, -0.05) is 97.1 Å². The number of ether oxygens (including phenoxy) is 1. The molecule has 0 radical (unpaired) electrons. The van der Waals surface area contributed by atoms with E-state index in [2.05, 4.69) is 60.1 Å². The molecule has 0 saturated carbocycles. The zero-order chi connectivity index (χ0) is 82.4. The second kappa shape index (κ2) is 46.2. The summed E-state index contributed by atoms with van der Waals surface area (Å²) in [6.45, 7) is 9.15. The molecule has 37 nitrogen and oxygen atoms in total. The lowest BCUT2D eigenvalue weighted by molar-refractivity contribution is -0.155. The summed E-state index contributed by atoms with van der Waals surface area (Å²) >= 11 is 0. The van der Waals surface area contributed by atoms with Crippen molar-refractivity contribution in [1.82, 2.24) is 67.9 Å². The Morgan fingerprint density at radius 1 is 0.555 bits per heavy atom. The number of nitrogens with zero attached hydrogens (tertiary/aromatic N) is 3. The summed E-state index contributed by atoms with van der Waals surface area (Å²) in [7, 11) is 3.50. The van der Waals surface area contributed by atoms with Crippen molar-refractivity contribution in [3.8, 4) is 5.75 Å². The van der Waals surface area contributed by atoms with E-state index in [1.54, 1.807) is 19.0 Å². The van der Waals surface area contributed by atoms with Crippen LogP contribution in [-0.2, 0) is 78.3 Å². The number of nitrogens with one attached hydrogen (secondary N) is 10. The maximum absolute atomic E-state index is 14.8. The van der Waals surface area contributed by atoms with E-state index >= 15 is 0 Å². The van der Waals surface area contributed by atoms with Gasteiger partial charge in [0, 0.05) is 25.9 Å². The molecule has 3 fully saturated rings. The molecule has 0 unspecified atom stereocenters. The zero-order valence-corrected chi connectivity index (χ0v) is 64.7. The predicted octanol–water partition coefficient (Wildman–Crippen LogP) is -4.87. The van der Waals surface area contributed by atoms with E-state index < -0.39 is 243 Å². The van der Waals surface area contributed by atoms with Gasteiger partial charge in [0.25, 0.3) is 0 Å². The van der Waals surface area contributed by atoms with Gasteiger partial charge in [0.15, 0.2) is 0 Å². The van der Waals surface area contributed by atoms with Crippen LogP contribution >= 0.6 is 0 Å². The average Bonchev–Trinajstić information content (AvgIpc) is 1.59. The number of rotatable bonds is 26. The molecule has 19 atom stereocenters. The fourth-order valence-electron chi connectivity index (χ4n) is 13.1. The van der Waals surface area contributed by atoms with Gasteiger partial charge in [-0.2, -0.15) is 0 Å². The third-order valence-electron chi connectivity index (χ3n) is 19.4. The Hall–Kier alpha value is -8.72. The SMILES string of the molecule is CCCCCCCCCCCCC[C@@H]1CC(=O)N[C@H]([C@@H](C)O)C(=O)N[C@H](C)C(=O)N[C@@H](Cc2ccc(O)cc2)C(=O)N[C@@H](C(C)C)C(=O)N2C[C@H](O)C[C@H]2C(=O)N[C@H]([C@@H](C)O)C(=O)N[C@@H]([C@@H](C)O)C(=O)N2CC[C@H](O)[C@H]2C(=O)N[C@@H]([C@H](O)CC(N)=O)C(=O)NCC(=O)N[C@H]([C@@H](C)O)C(=O)N[C@@H](CCCN(C)C)C(=O)O1. The number of primary amides is 1. The first kappa shape index (κ1) is 93.7. The topological polar surface area (TPSA) is 566 Å². The number of benzene rings is 1. The summed E-state index contributed by atoms with van der Waals surface area (Å²) in [4.78, 5) is 201. The quantitative estimate of drug-likeness (QED) is 0.0305. The number of esters is 1. The van der Waals surface area contributed by atoms with E-state index in [9.17, 15) is 108 Å². The highest BCUT2D eigenvalue weighted by atomic mass is 16.5. The number of aliphatic hydroxyl groups excluding tert-OH is 7. The van der Waals surface area contributed by atoms with Crippen molar-refractivity contribution < 1.29 is 113 Å². The van der Waals surface area contributed by atoms with Gasteiger partial charge in [0.2, 0.25) is 76.8 Å². The maximum atomic E-state index is 14.8. The first-order valence-corrected chi connectivity index (χ1v) is 38.0. The van der Waals surface area contributed by atoms with E-state index in [1.165, 1.54) is 58.4 Å². The van der Waals surface area contributed by atoms with Gasteiger partial charge in [-0.15, -0.1) is 0 Å². The largest absolute Gasteiger partial charge is 0.508 e. The van der Waals surface area contributed by atoms with Crippen LogP contribution in [0.15, 0.2) is 24.3 Å². The number of unbranched alkanes of at least 4 members (excludes halogenated alkanes) is 10. The molecule has 3 aliphatic rings. The number of amides is 13. The number of hydrogen-bond acceptors (Lipinski definition) is 24. The van der Waals surface area contributed by atoms with Gasteiger partial charge in [-0.05, 0) is 111 Å². The van der Waals surface area contributed by atoms with Crippen molar-refractivity contribution in [2.75, 3.05) is 40.3 Å². The molecule has 620 valence electrons.